The number of amides is 1. The van der Waals surface area contributed by atoms with Crippen molar-refractivity contribution in [2.45, 2.75) is 19.5 Å². The molecule has 0 spiro atoms. The molecule has 0 saturated heterocycles. The predicted molar refractivity (Wildman–Crippen MR) is 69.9 cm³/mol. The molecule has 0 fully saturated rings. The molecule has 6 nitrogen and oxygen atoms in total. The van der Waals surface area contributed by atoms with E-state index in [0.717, 1.165) is 0 Å². The summed E-state index contributed by atoms with van der Waals surface area (Å²) in [5.74, 6) is 0.121. The summed E-state index contributed by atoms with van der Waals surface area (Å²) in [6, 6.07) is 5.19. The fraction of sp³-hybridized carbons (Fsp3) is 0.308. The van der Waals surface area contributed by atoms with E-state index in [9.17, 15) is 4.79 Å². The first-order chi connectivity index (χ1) is 9.20. The number of carbonyl (C=O) groups excluding carboxylic acids is 1. The molecular weight excluding hydrogens is 244 g/mol. The molecule has 0 aliphatic heterocycles. The summed E-state index contributed by atoms with van der Waals surface area (Å²) >= 11 is 0. The van der Waals surface area contributed by atoms with Gasteiger partial charge in [0.15, 0.2) is 0 Å². The van der Waals surface area contributed by atoms with E-state index >= 15 is 0 Å². The first kappa shape index (κ1) is 13.1. The van der Waals surface area contributed by atoms with Crippen LogP contribution in [0.5, 0.6) is 5.88 Å². The lowest BCUT2D eigenvalue weighted by molar-refractivity contribution is 0.0932. The van der Waals surface area contributed by atoms with Crippen LogP contribution in [0.4, 0.5) is 0 Å². The second kappa shape index (κ2) is 5.99. The number of nitrogens with zero attached hydrogens (tertiary/aromatic N) is 3. The molecule has 1 atom stereocenters. The van der Waals surface area contributed by atoms with Crippen LogP contribution in [0.15, 0.2) is 36.8 Å². The number of pyridine rings is 1. The van der Waals surface area contributed by atoms with Gasteiger partial charge in [-0.05, 0) is 25.1 Å². The molecular formula is C13H16N4O2. The largest absolute Gasteiger partial charge is 0.480 e. The number of aromatic nitrogens is 3. The minimum atomic E-state index is -0.204. The predicted octanol–water partition coefficient (Wildman–Crippen LogP) is 1.11. The van der Waals surface area contributed by atoms with Gasteiger partial charge in [0.25, 0.3) is 5.91 Å². The number of hydrogen-bond acceptors (Lipinski definition) is 4. The van der Waals surface area contributed by atoms with Crippen molar-refractivity contribution < 1.29 is 9.53 Å². The third-order valence-electron chi connectivity index (χ3n) is 2.61. The zero-order valence-corrected chi connectivity index (χ0v) is 10.9. The summed E-state index contributed by atoms with van der Waals surface area (Å²) in [5.41, 5.74) is 0.428. The first-order valence-electron chi connectivity index (χ1n) is 5.98. The standard InChI is InChI=1S/C13H16N4O2/c1-10(9-17-8-4-7-15-17)16-12(18)11-5-3-6-14-13(11)19-2/h3-8,10H,9H2,1-2H3,(H,16,18). The zero-order chi connectivity index (χ0) is 13.7. The topological polar surface area (TPSA) is 69.0 Å². The minimum Gasteiger partial charge on any atom is -0.480 e. The van der Waals surface area contributed by atoms with Gasteiger partial charge in [0, 0.05) is 24.6 Å². The van der Waals surface area contributed by atoms with Crippen molar-refractivity contribution in [2.75, 3.05) is 7.11 Å². The number of hydrogen-bond donors (Lipinski definition) is 1. The monoisotopic (exact) mass is 260 g/mol. The highest BCUT2D eigenvalue weighted by atomic mass is 16.5. The van der Waals surface area contributed by atoms with Gasteiger partial charge in [0.2, 0.25) is 5.88 Å². The van der Waals surface area contributed by atoms with Gasteiger partial charge >= 0.3 is 0 Å². The van der Waals surface area contributed by atoms with E-state index in [0.29, 0.717) is 18.0 Å². The molecule has 1 unspecified atom stereocenters. The van der Waals surface area contributed by atoms with Crippen molar-refractivity contribution in [3.05, 3.63) is 42.4 Å². The van der Waals surface area contributed by atoms with Crippen molar-refractivity contribution in [3.63, 3.8) is 0 Å². The number of rotatable bonds is 5. The molecule has 2 rings (SSSR count). The van der Waals surface area contributed by atoms with Crippen molar-refractivity contribution >= 4 is 5.91 Å². The van der Waals surface area contributed by atoms with Gasteiger partial charge in [-0.15, -0.1) is 0 Å². The molecule has 0 aromatic carbocycles. The Hall–Kier alpha value is -2.37. The number of carbonyl (C=O) groups is 1. The van der Waals surface area contributed by atoms with E-state index in [-0.39, 0.29) is 11.9 Å². The van der Waals surface area contributed by atoms with Crippen molar-refractivity contribution in [2.24, 2.45) is 0 Å². The smallest absolute Gasteiger partial charge is 0.257 e. The molecule has 0 aliphatic carbocycles. The third-order valence-corrected chi connectivity index (χ3v) is 2.61. The molecule has 1 amide bonds. The lowest BCUT2D eigenvalue weighted by Gasteiger charge is -2.14. The molecule has 1 N–H and O–H groups in total. The van der Waals surface area contributed by atoms with Crippen molar-refractivity contribution in [3.8, 4) is 5.88 Å². The van der Waals surface area contributed by atoms with Crippen LogP contribution in [0.2, 0.25) is 0 Å². The summed E-state index contributed by atoms with van der Waals surface area (Å²) in [6.45, 7) is 2.53. The normalized spacial score (nSPS) is 11.9. The maximum atomic E-state index is 12.1. The summed E-state index contributed by atoms with van der Waals surface area (Å²) < 4.78 is 6.83. The quantitative estimate of drug-likeness (QED) is 0.874. The van der Waals surface area contributed by atoms with E-state index in [4.69, 9.17) is 4.74 Å². The van der Waals surface area contributed by atoms with Gasteiger partial charge < -0.3 is 10.1 Å². The molecule has 100 valence electrons. The first-order valence-corrected chi connectivity index (χ1v) is 5.98. The van der Waals surface area contributed by atoms with Gasteiger partial charge in [0.05, 0.1) is 13.7 Å². The maximum absolute atomic E-state index is 12.1. The van der Waals surface area contributed by atoms with E-state index in [2.05, 4.69) is 15.4 Å². The van der Waals surface area contributed by atoms with Crippen LogP contribution in [-0.2, 0) is 6.54 Å². The SMILES string of the molecule is COc1ncccc1C(=O)NC(C)Cn1cccn1. The molecule has 0 radical (unpaired) electrons. The average Bonchev–Trinajstić information content (AvgIpc) is 2.91. The lowest BCUT2D eigenvalue weighted by Crippen LogP contribution is -2.36. The summed E-state index contributed by atoms with van der Waals surface area (Å²) in [7, 11) is 1.49. The molecule has 0 saturated carbocycles. The highest BCUT2D eigenvalue weighted by molar-refractivity contribution is 5.96. The fourth-order valence-corrected chi connectivity index (χ4v) is 1.76. The Balaban J connectivity index is 2.00. The van der Waals surface area contributed by atoms with Crippen LogP contribution < -0.4 is 10.1 Å². The molecule has 6 heteroatoms. The Labute approximate surface area is 111 Å². The van der Waals surface area contributed by atoms with E-state index in [1.165, 1.54) is 7.11 Å². The van der Waals surface area contributed by atoms with E-state index in [1.807, 2.05) is 19.2 Å². The van der Waals surface area contributed by atoms with Gasteiger partial charge in [-0.25, -0.2) is 4.98 Å². The molecule has 2 aromatic heterocycles. The Morgan fingerprint density at radius 3 is 3.00 bits per heavy atom. The summed E-state index contributed by atoms with van der Waals surface area (Å²) in [5, 5.41) is 6.99. The second-order valence-corrected chi connectivity index (χ2v) is 4.16. The average molecular weight is 260 g/mol. The number of nitrogens with one attached hydrogen (secondary N) is 1. The van der Waals surface area contributed by atoms with Crippen molar-refractivity contribution in [1.29, 1.82) is 0 Å². The summed E-state index contributed by atoms with van der Waals surface area (Å²) in [6.07, 6.45) is 5.15. The van der Waals surface area contributed by atoms with Gasteiger partial charge in [-0.1, -0.05) is 0 Å². The van der Waals surface area contributed by atoms with Gasteiger partial charge in [-0.2, -0.15) is 5.10 Å². The Morgan fingerprint density at radius 2 is 2.32 bits per heavy atom. The Morgan fingerprint density at radius 1 is 1.47 bits per heavy atom. The molecule has 2 aromatic rings. The van der Waals surface area contributed by atoms with Crippen molar-refractivity contribution in [1.82, 2.24) is 20.1 Å². The number of methoxy groups -OCH3 is 1. The van der Waals surface area contributed by atoms with Crippen LogP contribution >= 0.6 is 0 Å². The molecule has 0 bridgehead atoms. The fourth-order valence-electron chi connectivity index (χ4n) is 1.76. The minimum absolute atomic E-state index is 0.0442. The Kier molecular flexibility index (Phi) is 4.12. The van der Waals surface area contributed by atoms with E-state index < -0.39 is 0 Å². The van der Waals surface area contributed by atoms with Gasteiger partial charge in [-0.3, -0.25) is 9.48 Å². The highest BCUT2D eigenvalue weighted by Gasteiger charge is 2.15. The lowest BCUT2D eigenvalue weighted by atomic mass is 10.2. The van der Waals surface area contributed by atoms with Crippen LogP contribution in [-0.4, -0.2) is 33.8 Å². The van der Waals surface area contributed by atoms with Crippen LogP contribution in [0.25, 0.3) is 0 Å². The van der Waals surface area contributed by atoms with Crippen LogP contribution in [0.3, 0.4) is 0 Å². The maximum Gasteiger partial charge on any atom is 0.257 e. The third kappa shape index (κ3) is 3.31. The molecule has 19 heavy (non-hydrogen) atoms. The van der Waals surface area contributed by atoms with Gasteiger partial charge in [0.1, 0.15) is 5.56 Å². The van der Waals surface area contributed by atoms with Crippen LogP contribution in [0.1, 0.15) is 17.3 Å². The zero-order valence-electron chi connectivity index (χ0n) is 10.9. The molecule has 2 heterocycles. The van der Waals surface area contributed by atoms with Crippen LogP contribution in [0, 0.1) is 0 Å². The second-order valence-electron chi connectivity index (χ2n) is 4.16. The molecule has 0 aliphatic rings. The van der Waals surface area contributed by atoms with E-state index in [1.54, 1.807) is 29.2 Å². The highest BCUT2D eigenvalue weighted by Crippen LogP contribution is 2.13. The number of ether oxygens (including phenoxy) is 1. The Bertz CT molecular complexity index is 539. The summed E-state index contributed by atoms with van der Waals surface area (Å²) in [4.78, 5) is 16.1.